The number of nitrogens with one attached hydrogen (secondary N) is 1. The molecule has 0 heterocycles. The van der Waals surface area contributed by atoms with Crippen LogP contribution in [0.25, 0.3) is 0 Å². The fourth-order valence-corrected chi connectivity index (χ4v) is 2.41. The van der Waals surface area contributed by atoms with Gasteiger partial charge in [0.15, 0.2) is 0 Å². The van der Waals surface area contributed by atoms with Crippen molar-refractivity contribution in [3.63, 3.8) is 0 Å². The maximum Gasteiger partial charge on any atom is 0.324 e. The first kappa shape index (κ1) is 17.3. The molecule has 0 fully saturated rings. The van der Waals surface area contributed by atoms with Crippen LogP contribution in [-0.2, 0) is 24.3 Å². The van der Waals surface area contributed by atoms with Crippen LogP contribution >= 0.6 is 0 Å². The van der Waals surface area contributed by atoms with Crippen molar-refractivity contribution in [2.75, 3.05) is 19.5 Å². The van der Waals surface area contributed by atoms with Gasteiger partial charge in [0.2, 0.25) is 10.0 Å². The van der Waals surface area contributed by atoms with Crippen molar-refractivity contribution in [1.29, 1.82) is 0 Å². The van der Waals surface area contributed by atoms with Crippen molar-refractivity contribution >= 4 is 16.0 Å². The van der Waals surface area contributed by atoms with Crippen LogP contribution in [0, 0.1) is 0 Å². The van der Waals surface area contributed by atoms with Gasteiger partial charge in [0.1, 0.15) is 11.6 Å². The Kier molecular flexibility index (Phi) is 6.80. The van der Waals surface area contributed by atoms with E-state index in [4.69, 9.17) is 9.47 Å². The van der Waals surface area contributed by atoms with Crippen molar-refractivity contribution in [3.8, 4) is 0 Å². The molecule has 0 aromatic rings. The van der Waals surface area contributed by atoms with Gasteiger partial charge in [0, 0.05) is 13.7 Å². The molecule has 1 atom stereocenters. The van der Waals surface area contributed by atoms with Gasteiger partial charge in [0.05, 0.1) is 5.75 Å². The van der Waals surface area contributed by atoms with E-state index in [1.54, 1.807) is 20.8 Å². The van der Waals surface area contributed by atoms with E-state index in [9.17, 15) is 13.2 Å². The average Bonchev–Trinajstić information content (AvgIpc) is 2.14. The van der Waals surface area contributed by atoms with E-state index < -0.39 is 27.6 Å². The molecule has 0 rings (SSSR count). The zero-order valence-corrected chi connectivity index (χ0v) is 12.5. The molecule has 0 bridgehead atoms. The summed E-state index contributed by atoms with van der Waals surface area (Å²) in [6.45, 7) is 7.00. The average molecular weight is 281 g/mol. The molecular formula is C11H23NO5S. The van der Waals surface area contributed by atoms with Crippen LogP contribution in [0.2, 0.25) is 0 Å². The largest absolute Gasteiger partial charge is 0.459 e. The summed E-state index contributed by atoms with van der Waals surface area (Å²) >= 11 is 0. The summed E-state index contributed by atoms with van der Waals surface area (Å²) in [5.41, 5.74) is -0.632. The molecule has 0 unspecified atom stereocenters. The molecule has 108 valence electrons. The second kappa shape index (κ2) is 7.06. The van der Waals surface area contributed by atoms with Crippen molar-refractivity contribution in [1.82, 2.24) is 4.72 Å². The van der Waals surface area contributed by atoms with Crippen LogP contribution in [-0.4, -0.2) is 45.5 Å². The van der Waals surface area contributed by atoms with Gasteiger partial charge < -0.3 is 9.47 Å². The van der Waals surface area contributed by atoms with Crippen molar-refractivity contribution < 1.29 is 22.7 Å². The molecule has 0 aliphatic heterocycles. The third kappa shape index (κ3) is 8.43. The molecule has 0 aromatic carbocycles. The minimum absolute atomic E-state index is 0.0754. The Morgan fingerprint density at radius 3 is 2.33 bits per heavy atom. The summed E-state index contributed by atoms with van der Waals surface area (Å²) in [5, 5.41) is 0. The lowest BCUT2D eigenvalue weighted by Gasteiger charge is -2.22. The number of ether oxygens (including phenoxy) is 2. The van der Waals surface area contributed by atoms with E-state index in [2.05, 4.69) is 4.72 Å². The highest BCUT2D eigenvalue weighted by molar-refractivity contribution is 7.89. The molecule has 0 amide bonds. The second-order valence-electron chi connectivity index (χ2n) is 5.04. The van der Waals surface area contributed by atoms with Crippen LogP contribution in [0.3, 0.4) is 0 Å². The highest BCUT2D eigenvalue weighted by atomic mass is 32.2. The van der Waals surface area contributed by atoms with Crippen LogP contribution < -0.4 is 4.72 Å². The summed E-state index contributed by atoms with van der Waals surface area (Å²) in [6.07, 6.45) is 0.382. The topological polar surface area (TPSA) is 81.7 Å². The molecule has 0 saturated carbocycles. The zero-order valence-electron chi connectivity index (χ0n) is 11.6. The minimum Gasteiger partial charge on any atom is -0.459 e. The van der Waals surface area contributed by atoms with Crippen LogP contribution in [0.15, 0.2) is 0 Å². The van der Waals surface area contributed by atoms with Crippen LogP contribution in [0.5, 0.6) is 0 Å². The van der Waals surface area contributed by atoms with E-state index in [0.717, 1.165) is 0 Å². The zero-order chi connectivity index (χ0) is 14.4. The van der Waals surface area contributed by atoms with E-state index in [-0.39, 0.29) is 5.75 Å². The minimum atomic E-state index is -3.48. The van der Waals surface area contributed by atoms with E-state index >= 15 is 0 Å². The maximum atomic E-state index is 11.6. The number of esters is 1. The molecule has 0 aliphatic carbocycles. The quantitative estimate of drug-likeness (QED) is 0.548. The number of rotatable bonds is 7. The smallest absolute Gasteiger partial charge is 0.324 e. The third-order valence-electron chi connectivity index (χ3n) is 1.88. The first-order chi connectivity index (χ1) is 8.07. The third-order valence-corrected chi connectivity index (χ3v) is 3.42. The number of hydrogen-bond donors (Lipinski definition) is 1. The first-order valence-electron chi connectivity index (χ1n) is 5.79. The van der Waals surface area contributed by atoms with Gasteiger partial charge in [-0.05, 0) is 34.1 Å². The molecule has 0 saturated heterocycles. The predicted octanol–water partition coefficient (Wildman–Crippen LogP) is 0.673. The molecule has 6 nitrogen and oxygen atoms in total. The Morgan fingerprint density at radius 1 is 1.33 bits per heavy atom. The molecule has 1 N–H and O–H groups in total. The summed E-state index contributed by atoms with van der Waals surface area (Å²) in [7, 11) is -1.98. The predicted molar refractivity (Wildman–Crippen MR) is 68.7 cm³/mol. The Morgan fingerprint density at radius 2 is 1.89 bits per heavy atom. The number of carbonyl (C=O) groups excluding carboxylic acids is 1. The Balaban J connectivity index is 4.29. The maximum absolute atomic E-state index is 11.6. The SMILES string of the molecule is COCCCS(=O)(=O)N[C@@H](C)C(=O)OC(C)(C)C. The molecule has 0 radical (unpaired) electrons. The summed E-state index contributed by atoms with van der Waals surface area (Å²) in [4.78, 5) is 11.6. The number of hydrogen-bond acceptors (Lipinski definition) is 5. The van der Waals surface area contributed by atoms with E-state index in [1.165, 1.54) is 14.0 Å². The number of sulfonamides is 1. The fraction of sp³-hybridized carbons (Fsp3) is 0.909. The number of carbonyl (C=O) groups is 1. The highest BCUT2D eigenvalue weighted by Gasteiger charge is 2.25. The van der Waals surface area contributed by atoms with Crippen LogP contribution in [0.1, 0.15) is 34.1 Å². The standard InChI is InChI=1S/C11H23NO5S/c1-9(10(13)17-11(2,3)4)12-18(14,15)8-6-7-16-5/h9,12H,6-8H2,1-5H3/t9-/m0/s1. The van der Waals surface area contributed by atoms with Gasteiger partial charge in [-0.15, -0.1) is 0 Å². The summed E-state index contributed by atoms with van der Waals surface area (Å²) in [5.74, 6) is -0.661. The Hall–Kier alpha value is -0.660. The highest BCUT2D eigenvalue weighted by Crippen LogP contribution is 2.08. The molecular weight excluding hydrogens is 258 g/mol. The van der Waals surface area contributed by atoms with Gasteiger partial charge in [-0.2, -0.15) is 0 Å². The van der Waals surface area contributed by atoms with Gasteiger partial charge in [-0.25, -0.2) is 13.1 Å². The molecule has 0 spiro atoms. The van der Waals surface area contributed by atoms with Gasteiger partial charge in [-0.3, -0.25) is 4.79 Å². The molecule has 0 aliphatic rings. The fourth-order valence-electron chi connectivity index (χ4n) is 1.16. The van der Waals surface area contributed by atoms with E-state index in [0.29, 0.717) is 13.0 Å². The molecule has 18 heavy (non-hydrogen) atoms. The lowest BCUT2D eigenvalue weighted by atomic mass is 10.2. The lowest BCUT2D eigenvalue weighted by molar-refractivity contribution is -0.156. The molecule has 7 heteroatoms. The monoisotopic (exact) mass is 281 g/mol. The van der Waals surface area contributed by atoms with E-state index in [1.807, 2.05) is 0 Å². The summed E-state index contributed by atoms with van der Waals surface area (Å²) < 4.78 is 35.4. The van der Waals surface area contributed by atoms with Gasteiger partial charge >= 0.3 is 5.97 Å². The van der Waals surface area contributed by atoms with Crippen molar-refractivity contribution in [2.24, 2.45) is 0 Å². The Labute approximate surface area is 109 Å². The summed E-state index contributed by atoms with van der Waals surface area (Å²) in [6, 6.07) is -0.892. The van der Waals surface area contributed by atoms with Crippen LogP contribution in [0.4, 0.5) is 0 Å². The first-order valence-corrected chi connectivity index (χ1v) is 7.44. The van der Waals surface area contributed by atoms with Gasteiger partial charge in [-0.1, -0.05) is 0 Å². The second-order valence-corrected chi connectivity index (χ2v) is 6.91. The van der Waals surface area contributed by atoms with Gasteiger partial charge in [0.25, 0.3) is 0 Å². The Bertz CT molecular complexity index is 358. The van der Waals surface area contributed by atoms with Crippen molar-refractivity contribution in [3.05, 3.63) is 0 Å². The van der Waals surface area contributed by atoms with Crippen molar-refractivity contribution in [2.45, 2.75) is 45.8 Å². The normalized spacial score (nSPS) is 14.3. The molecule has 0 aromatic heterocycles. The lowest BCUT2D eigenvalue weighted by Crippen LogP contribution is -2.43. The number of methoxy groups -OCH3 is 1.